The first-order valence-electron chi connectivity index (χ1n) is 6.79. The number of thioether (sulfide) groups is 1. The van der Waals surface area contributed by atoms with E-state index < -0.39 is 0 Å². The lowest BCUT2D eigenvalue weighted by atomic mass is 10.2. The fourth-order valence-electron chi connectivity index (χ4n) is 1.85. The molecule has 0 aliphatic heterocycles. The molecule has 23 heavy (non-hydrogen) atoms. The topological polar surface area (TPSA) is 68.0 Å². The van der Waals surface area contributed by atoms with Crippen LogP contribution in [0, 0.1) is 0 Å². The van der Waals surface area contributed by atoms with Crippen LogP contribution in [0.4, 0.5) is 5.69 Å². The molecule has 0 saturated heterocycles. The van der Waals surface area contributed by atoms with Gasteiger partial charge in [-0.15, -0.1) is 0 Å². The monoisotopic (exact) mass is 345 g/mol. The van der Waals surface area contributed by atoms with Crippen molar-refractivity contribution in [2.45, 2.75) is 5.22 Å². The van der Waals surface area contributed by atoms with E-state index in [0.29, 0.717) is 21.8 Å². The lowest BCUT2D eigenvalue weighted by Gasteiger charge is -2.05. The number of halogens is 1. The molecule has 0 aliphatic carbocycles. The maximum absolute atomic E-state index is 11.9. The average molecular weight is 346 g/mol. The zero-order valence-corrected chi connectivity index (χ0v) is 13.5. The van der Waals surface area contributed by atoms with Gasteiger partial charge in [-0.3, -0.25) is 4.79 Å². The first-order valence-corrected chi connectivity index (χ1v) is 8.15. The van der Waals surface area contributed by atoms with Gasteiger partial charge in [0.15, 0.2) is 0 Å². The maximum Gasteiger partial charge on any atom is 0.286 e. The van der Waals surface area contributed by atoms with Crippen molar-refractivity contribution >= 4 is 35.0 Å². The van der Waals surface area contributed by atoms with Gasteiger partial charge < -0.3 is 9.84 Å². The third kappa shape index (κ3) is 4.12. The number of rotatable bonds is 5. The number of benzene rings is 2. The highest BCUT2D eigenvalue weighted by Gasteiger charge is 2.12. The van der Waals surface area contributed by atoms with Crippen LogP contribution in [0.2, 0.25) is 5.02 Å². The van der Waals surface area contributed by atoms with Crippen LogP contribution in [0.25, 0.3) is 11.4 Å². The predicted octanol–water partition coefficient (Wildman–Crippen LogP) is 4.12. The Morgan fingerprint density at radius 3 is 2.65 bits per heavy atom. The summed E-state index contributed by atoms with van der Waals surface area (Å²) >= 11 is 7.17. The molecule has 0 saturated carbocycles. The van der Waals surface area contributed by atoms with Crippen LogP contribution in [-0.4, -0.2) is 21.8 Å². The number of nitrogens with zero attached hydrogens (tertiary/aromatic N) is 2. The van der Waals surface area contributed by atoms with Gasteiger partial charge in [-0.05, 0) is 12.1 Å². The molecule has 7 heteroatoms. The molecule has 0 fully saturated rings. The number of para-hydroxylation sites is 1. The molecule has 1 aromatic heterocycles. The summed E-state index contributed by atoms with van der Waals surface area (Å²) in [6.45, 7) is 0. The lowest BCUT2D eigenvalue weighted by Crippen LogP contribution is -2.14. The summed E-state index contributed by atoms with van der Waals surface area (Å²) in [6, 6.07) is 16.6. The van der Waals surface area contributed by atoms with Gasteiger partial charge in [-0.2, -0.15) is 4.98 Å². The van der Waals surface area contributed by atoms with E-state index in [1.54, 1.807) is 24.3 Å². The first-order chi connectivity index (χ1) is 11.2. The molecule has 0 atom stereocenters. The minimum Gasteiger partial charge on any atom is -0.327 e. The van der Waals surface area contributed by atoms with E-state index in [4.69, 9.17) is 16.1 Å². The second kappa shape index (κ2) is 7.30. The van der Waals surface area contributed by atoms with Crippen LogP contribution in [0.15, 0.2) is 64.3 Å². The third-order valence-corrected chi connectivity index (χ3v) is 4.06. The zero-order valence-electron chi connectivity index (χ0n) is 11.9. The van der Waals surface area contributed by atoms with Gasteiger partial charge in [0.1, 0.15) is 0 Å². The molecule has 1 amide bonds. The number of nitrogens with one attached hydrogen (secondary N) is 1. The van der Waals surface area contributed by atoms with E-state index >= 15 is 0 Å². The highest BCUT2D eigenvalue weighted by molar-refractivity contribution is 7.99. The molecule has 1 heterocycles. The van der Waals surface area contributed by atoms with Gasteiger partial charge in [0.25, 0.3) is 5.22 Å². The van der Waals surface area contributed by atoms with E-state index in [1.165, 1.54) is 11.8 Å². The van der Waals surface area contributed by atoms with Gasteiger partial charge in [-0.25, -0.2) is 0 Å². The Kier molecular flexibility index (Phi) is 4.95. The molecule has 0 unspecified atom stereocenters. The summed E-state index contributed by atoms with van der Waals surface area (Å²) in [5.74, 6) is 0.462. The van der Waals surface area contributed by atoms with Crippen LogP contribution in [0.1, 0.15) is 0 Å². The highest BCUT2D eigenvalue weighted by atomic mass is 35.5. The van der Waals surface area contributed by atoms with Crippen molar-refractivity contribution in [2.24, 2.45) is 0 Å². The number of amides is 1. The van der Waals surface area contributed by atoms with Crippen molar-refractivity contribution in [3.8, 4) is 11.4 Å². The highest BCUT2D eigenvalue weighted by Crippen LogP contribution is 2.23. The molecule has 5 nitrogen and oxygen atoms in total. The van der Waals surface area contributed by atoms with Crippen molar-refractivity contribution in [1.82, 2.24) is 10.1 Å². The lowest BCUT2D eigenvalue weighted by molar-refractivity contribution is -0.113. The molecule has 0 spiro atoms. The third-order valence-electron chi connectivity index (χ3n) is 2.91. The van der Waals surface area contributed by atoms with Crippen LogP contribution in [0.5, 0.6) is 0 Å². The summed E-state index contributed by atoms with van der Waals surface area (Å²) in [5.41, 5.74) is 1.44. The zero-order chi connectivity index (χ0) is 16.1. The second-order valence-electron chi connectivity index (χ2n) is 4.57. The summed E-state index contributed by atoms with van der Waals surface area (Å²) in [4.78, 5) is 16.2. The number of hydrogen-bond donors (Lipinski definition) is 1. The van der Waals surface area contributed by atoms with Crippen LogP contribution >= 0.6 is 23.4 Å². The van der Waals surface area contributed by atoms with Gasteiger partial charge >= 0.3 is 0 Å². The molecule has 0 bridgehead atoms. The van der Waals surface area contributed by atoms with Gasteiger partial charge in [-0.1, -0.05) is 71.0 Å². The second-order valence-corrected chi connectivity index (χ2v) is 5.90. The number of anilines is 1. The summed E-state index contributed by atoms with van der Waals surface area (Å²) < 4.78 is 5.14. The SMILES string of the molecule is O=C(CSc1nc(-c2ccccc2)no1)Nc1ccccc1Cl. The Hall–Kier alpha value is -2.31. The van der Waals surface area contributed by atoms with E-state index in [0.717, 1.165) is 5.56 Å². The van der Waals surface area contributed by atoms with E-state index in [1.807, 2.05) is 30.3 Å². The van der Waals surface area contributed by atoms with Crippen molar-refractivity contribution in [3.63, 3.8) is 0 Å². The smallest absolute Gasteiger partial charge is 0.286 e. The summed E-state index contributed by atoms with van der Waals surface area (Å²) in [6.07, 6.45) is 0. The fraction of sp³-hybridized carbons (Fsp3) is 0.0625. The van der Waals surface area contributed by atoms with Gasteiger partial charge in [0.2, 0.25) is 11.7 Å². The van der Waals surface area contributed by atoms with E-state index in [9.17, 15) is 4.79 Å². The fourth-order valence-corrected chi connectivity index (χ4v) is 2.60. The molecular weight excluding hydrogens is 334 g/mol. The van der Waals surface area contributed by atoms with E-state index in [2.05, 4.69) is 15.5 Å². The molecule has 2 aromatic carbocycles. The van der Waals surface area contributed by atoms with Crippen molar-refractivity contribution < 1.29 is 9.32 Å². The number of carbonyl (C=O) groups is 1. The molecule has 3 aromatic rings. The minimum absolute atomic E-state index is 0.154. The Balaban J connectivity index is 1.58. The van der Waals surface area contributed by atoms with Crippen molar-refractivity contribution in [1.29, 1.82) is 0 Å². The van der Waals surface area contributed by atoms with Crippen molar-refractivity contribution in [2.75, 3.05) is 11.1 Å². The largest absolute Gasteiger partial charge is 0.327 e. The van der Waals surface area contributed by atoms with Crippen LogP contribution in [0.3, 0.4) is 0 Å². The van der Waals surface area contributed by atoms with Gasteiger partial charge in [0.05, 0.1) is 16.5 Å². The number of carbonyl (C=O) groups excluding carboxylic acids is 1. The molecular formula is C16H12ClN3O2S. The minimum atomic E-state index is -0.192. The van der Waals surface area contributed by atoms with Crippen LogP contribution < -0.4 is 5.32 Å². The van der Waals surface area contributed by atoms with E-state index in [-0.39, 0.29) is 11.7 Å². The van der Waals surface area contributed by atoms with Crippen LogP contribution in [-0.2, 0) is 4.79 Å². The Morgan fingerprint density at radius 1 is 1.13 bits per heavy atom. The Labute approximate surface area is 142 Å². The molecule has 0 radical (unpaired) electrons. The average Bonchev–Trinajstić information content (AvgIpc) is 3.05. The summed E-state index contributed by atoms with van der Waals surface area (Å²) in [5, 5.41) is 7.48. The molecule has 116 valence electrons. The number of aromatic nitrogens is 2. The Morgan fingerprint density at radius 2 is 1.87 bits per heavy atom. The quantitative estimate of drug-likeness (QED) is 0.704. The Bertz CT molecular complexity index is 808. The standard InChI is InChI=1S/C16H12ClN3O2S/c17-12-8-4-5-9-13(12)18-14(21)10-23-16-19-15(20-22-16)11-6-2-1-3-7-11/h1-9H,10H2,(H,18,21). The predicted molar refractivity (Wildman–Crippen MR) is 90.5 cm³/mol. The molecule has 3 rings (SSSR count). The normalized spacial score (nSPS) is 10.5. The summed E-state index contributed by atoms with van der Waals surface area (Å²) in [7, 11) is 0. The molecule has 1 N–H and O–H groups in total. The van der Waals surface area contributed by atoms with Gasteiger partial charge in [0, 0.05) is 5.56 Å². The first kappa shape index (κ1) is 15.6. The number of hydrogen-bond acceptors (Lipinski definition) is 5. The maximum atomic E-state index is 11.9. The van der Waals surface area contributed by atoms with Crippen molar-refractivity contribution in [3.05, 3.63) is 59.6 Å². The molecule has 0 aliphatic rings.